The van der Waals surface area contributed by atoms with Crippen molar-refractivity contribution in [3.05, 3.63) is 239 Å². The van der Waals surface area contributed by atoms with E-state index in [-0.39, 0.29) is 5.92 Å². The van der Waals surface area contributed by atoms with E-state index in [1.54, 1.807) is 0 Å². The first kappa shape index (κ1) is 36.2. The molecule has 2 nitrogen and oxygen atoms in total. The van der Waals surface area contributed by atoms with Crippen LogP contribution in [0.4, 0.5) is 22.7 Å². The molecule has 0 bridgehead atoms. The summed E-state index contributed by atoms with van der Waals surface area (Å²) >= 11 is 0. The van der Waals surface area contributed by atoms with Crippen LogP contribution in [-0.2, 0) is 0 Å². The van der Waals surface area contributed by atoms with E-state index < -0.39 is 0 Å². The molecule has 62 heavy (non-hydrogen) atoms. The number of anilines is 4. The van der Waals surface area contributed by atoms with Crippen LogP contribution in [0, 0.1) is 0 Å². The van der Waals surface area contributed by atoms with Crippen LogP contribution in [-0.4, -0.2) is 0 Å². The van der Waals surface area contributed by atoms with E-state index in [4.69, 9.17) is 0 Å². The summed E-state index contributed by atoms with van der Waals surface area (Å²) < 4.78 is 0. The van der Waals surface area contributed by atoms with E-state index in [0.717, 1.165) is 24.9 Å². The average molecular weight is 793 g/mol. The first-order valence-corrected chi connectivity index (χ1v) is 21.9. The van der Waals surface area contributed by atoms with E-state index >= 15 is 0 Å². The highest BCUT2D eigenvalue weighted by molar-refractivity contribution is 6.08. The van der Waals surface area contributed by atoms with Crippen molar-refractivity contribution in [1.29, 1.82) is 0 Å². The number of nitrogens with zero attached hydrogens (tertiary/aromatic N) is 2. The molecule has 1 unspecified atom stereocenters. The second-order valence-electron chi connectivity index (χ2n) is 16.7. The topological polar surface area (TPSA) is 6.48 Å². The van der Waals surface area contributed by atoms with Gasteiger partial charge in [0.15, 0.2) is 0 Å². The second kappa shape index (κ2) is 15.1. The molecule has 2 heteroatoms. The lowest BCUT2D eigenvalue weighted by atomic mass is 9.77. The molecule has 0 fully saturated rings. The summed E-state index contributed by atoms with van der Waals surface area (Å²) in [6.07, 6.45) is 12.7. The van der Waals surface area contributed by atoms with Crippen molar-refractivity contribution in [2.24, 2.45) is 0 Å². The SMILES string of the molecule is C1=CC2CC=C(N(c3cccc(-c4ccccc4)c3)c3cccc4ccccc34)c3ccc4ccc(N(C5=c6ccccc6=CCC5)c5cccc(-c6ccccc6)c5)c1c4c32. The van der Waals surface area contributed by atoms with Crippen LogP contribution in [0.3, 0.4) is 0 Å². The van der Waals surface area contributed by atoms with Crippen LogP contribution in [0.1, 0.15) is 41.9 Å². The zero-order valence-electron chi connectivity index (χ0n) is 34.5. The quantitative estimate of drug-likeness (QED) is 0.151. The fourth-order valence-electron chi connectivity index (χ4n) is 10.3. The minimum atomic E-state index is 0.276. The van der Waals surface area contributed by atoms with E-state index in [0.29, 0.717) is 0 Å². The predicted molar refractivity (Wildman–Crippen MR) is 263 cm³/mol. The Bertz CT molecular complexity index is 3390. The highest BCUT2D eigenvalue weighted by atomic mass is 15.2. The van der Waals surface area contributed by atoms with Crippen molar-refractivity contribution in [1.82, 2.24) is 0 Å². The molecule has 0 amide bonds. The molecule has 0 saturated heterocycles. The van der Waals surface area contributed by atoms with Gasteiger partial charge in [0.2, 0.25) is 0 Å². The third kappa shape index (κ3) is 6.10. The van der Waals surface area contributed by atoms with Crippen molar-refractivity contribution in [3.8, 4) is 22.3 Å². The summed E-state index contributed by atoms with van der Waals surface area (Å²) in [4.78, 5) is 5.10. The Morgan fingerprint density at radius 2 is 1.11 bits per heavy atom. The molecule has 3 aliphatic carbocycles. The molecule has 0 N–H and O–H groups in total. The molecule has 0 radical (unpaired) electrons. The fraction of sp³-hybridized carbons (Fsp3) is 0.0667. The summed E-state index contributed by atoms with van der Waals surface area (Å²) in [5.41, 5.74) is 16.1. The van der Waals surface area contributed by atoms with Gasteiger partial charge in [0.1, 0.15) is 0 Å². The van der Waals surface area contributed by atoms with Crippen LogP contribution >= 0.6 is 0 Å². The lowest BCUT2D eigenvalue weighted by molar-refractivity contribution is 0.851. The number of hydrogen-bond acceptors (Lipinski definition) is 2. The normalized spacial score (nSPS) is 14.9. The van der Waals surface area contributed by atoms with Gasteiger partial charge in [-0.3, -0.25) is 0 Å². The van der Waals surface area contributed by atoms with Crippen LogP contribution in [0.25, 0.3) is 67.3 Å². The Morgan fingerprint density at radius 1 is 0.468 bits per heavy atom. The number of rotatable bonds is 8. The largest absolute Gasteiger partial charge is 0.313 e. The highest BCUT2D eigenvalue weighted by Crippen LogP contribution is 2.51. The van der Waals surface area contributed by atoms with Gasteiger partial charge < -0.3 is 9.80 Å². The number of fused-ring (bicyclic) bond motifs is 2. The predicted octanol–water partition coefficient (Wildman–Crippen LogP) is 14.5. The maximum Gasteiger partial charge on any atom is 0.0540 e. The van der Waals surface area contributed by atoms with Gasteiger partial charge in [-0.25, -0.2) is 0 Å². The van der Waals surface area contributed by atoms with E-state index in [9.17, 15) is 0 Å². The van der Waals surface area contributed by atoms with E-state index in [2.05, 4.69) is 234 Å². The summed E-state index contributed by atoms with van der Waals surface area (Å²) in [6, 6.07) is 73.6. The van der Waals surface area contributed by atoms with Gasteiger partial charge in [-0.15, -0.1) is 0 Å². The van der Waals surface area contributed by atoms with Gasteiger partial charge in [0.25, 0.3) is 0 Å². The lowest BCUT2D eigenvalue weighted by Gasteiger charge is -2.37. The lowest BCUT2D eigenvalue weighted by Crippen LogP contribution is -2.35. The molecule has 0 aliphatic heterocycles. The molecule has 0 spiro atoms. The van der Waals surface area contributed by atoms with Gasteiger partial charge in [-0.05, 0) is 105 Å². The third-order valence-corrected chi connectivity index (χ3v) is 13.2. The summed E-state index contributed by atoms with van der Waals surface area (Å²) in [6.45, 7) is 0. The van der Waals surface area contributed by atoms with Crippen molar-refractivity contribution < 1.29 is 0 Å². The van der Waals surface area contributed by atoms with Crippen molar-refractivity contribution in [2.45, 2.75) is 25.2 Å². The molecular formula is C60H44N2. The Labute approximate surface area is 363 Å². The van der Waals surface area contributed by atoms with Gasteiger partial charge in [0, 0.05) is 50.4 Å². The molecular weight excluding hydrogens is 749 g/mol. The highest BCUT2D eigenvalue weighted by Gasteiger charge is 2.32. The third-order valence-electron chi connectivity index (χ3n) is 13.2. The smallest absolute Gasteiger partial charge is 0.0540 e. The first-order valence-electron chi connectivity index (χ1n) is 21.9. The van der Waals surface area contributed by atoms with Crippen LogP contribution < -0.4 is 20.2 Å². The molecule has 9 aromatic rings. The van der Waals surface area contributed by atoms with Crippen molar-refractivity contribution >= 4 is 67.8 Å². The van der Waals surface area contributed by atoms with Crippen molar-refractivity contribution in [3.63, 3.8) is 0 Å². The summed E-state index contributed by atoms with van der Waals surface area (Å²) in [5, 5.41) is 7.71. The van der Waals surface area contributed by atoms with Crippen LogP contribution in [0.2, 0.25) is 0 Å². The Balaban J connectivity index is 1.08. The van der Waals surface area contributed by atoms with Crippen LogP contribution in [0.5, 0.6) is 0 Å². The molecule has 0 saturated carbocycles. The zero-order valence-corrected chi connectivity index (χ0v) is 34.5. The Morgan fingerprint density at radius 3 is 1.90 bits per heavy atom. The number of hydrogen-bond donors (Lipinski definition) is 0. The summed E-state index contributed by atoms with van der Waals surface area (Å²) in [5.74, 6) is 0.276. The minimum absolute atomic E-state index is 0.276. The number of benzene rings is 9. The Hall–Kier alpha value is -7.68. The average Bonchev–Trinajstić information content (AvgIpc) is 3.35. The van der Waals surface area contributed by atoms with Gasteiger partial charge in [-0.2, -0.15) is 0 Å². The standard InChI is InChI=1S/C60H44N2/c1-3-15-41(16-4-1)47-23-11-25-49(39-47)61(55-29-13-21-43-19-7-9-27-51(43)55)57-37-33-45-32-36-54-58(38-34-46-31-35-53(57)59(45)60(46)54)62(56-30-14-22-44-20-8-10-28-52(44)56)50-26-12-24-48(40-50)42-17-5-2-6-18-42/h1-13,15-29,31-32,34-40,45H,14,30,33H2. The van der Waals surface area contributed by atoms with E-state index in [1.807, 2.05) is 0 Å². The van der Waals surface area contributed by atoms with Gasteiger partial charge in [0.05, 0.1) is 11.4 Å². The van der Waals surface area contributed by atoms with Gasteiger partial charge in [-0.1, -0.05) is 188 Å². The van der Waals surface area contributed by atoms with E-state index in [1.165, 1.54) is 99.4 Å². The zero-order chi connectivity index (χ0) is 41.0. The molecule has 9 aromatic carbocycles. The molecule has 1 atom stereocenters. The molecule has 294 valence electrons. The first-order chi connectivity index (χ1) is 30.8. The molecule has 12 rings (SSSR count). The monoisotopic (exact) mass is 792 g/mol. The fourth-order valence-corrected chi connectivity index (χ4v) is 10.3. The number of allylic oxidation sites excluding steroid dienone is 2. The molecule has 0 heterocycles. The molecule has 0 aromatic heterocycles. The maximum atomic E-state index is 2.58. The molecule has 3 aliphatic rings. The van der Waals surface area contributed by atoms with Gasteiger partial charge >= 0.3 is 0 Å². The summed E-state index contributed by atoms with van der Waals surface area (Å²) in [7, 11) is 0. The second-order valence-corrected chi connectivity index (χ2v) is 16.7. The van der Waals surface area contributed by atoms with Crippen molar-refractivity contribution in [2.75, 3.05) is 9.80 Å². The maximum absolute atomic E-state index is 2.58. The minimum Gasteiger partial charge on any atom is -0.313 e. The van der Waals surface area contributed by atoms with Crippen LogP contribution in [0.15, 0.2) is 212 Å². The Kier molecular flexibility index (Phi) is 8.81.